The highest BCUT2D eigenvalue weighted by Crippen LogP contribution is 2.30. The van der Waals surface area contributed by atoms with Crippen LogP contribution in [0.15, 0.2) is 24.3 Å². The van der Waals surface area contributed by atoms with Crippen molar-refractivity contribution in [3.05, 3.63) is 35.0 Å². The van der Waals surface area contributed by atoms with Gasteiger partial charge in [-0.15, -0.1) is 0 Å². The Bertz CT molecular complexity index is 598. The van der Waals surface area contributed by atoms with Crippen molar-refractivity contribution in [3.63, 3.8) is 0 Å². The molecule has 0 atom stereocenters. The Hall–Kier alpha value is -1.81. The minimum atomic E-state index is 0.222. The predicted molar refractivity (Wildman–Crippen MR) is 84.5 cm³/mol. The van der Waals surface area contributed by atoms with Crippen molar-refractivity contribution in [1.29, 1.82) is 0 Å². The summed E-state index contributed by atoms with van der Waals surface area (Å²) < 4.78 is 0. The van der Waals surface area contributed by atoms with Crippen LogP contribution in [0.1, 0.15) is 31.9 Å². The zero-order chi connectivity index (χ0) is 14.5. The second kappa shape index (κ2) is 6.57. The molecular weight excluding hydrogens is 272 g/mol. The third kappa shape index (κ3) is 3.39. The molecule has 0 saturated heterocycles. The van der Waals surface area contributed by atoms with Crippen LogP contribution in [0.4, 0.5) is 11.8 Å². The highest BCUT2D eigenvalue weighted by molar-refractivity contribution is 6.30. The van der Waals surface area contributed by atoms with Crippen molar-refractivity contribution in [1.82, 2.24) is 9.97 Å². The average molecular weight is 291 g/mol. The fourth-order valence-electron chi connectivity index (χ4n) is 2.23. The van der Waals surface area contributed by atoms with Gasteiger partial charge in [0.1, 0.15) is 5.82 Å². The Labute approximate surface area is 124 Å². The largest absolute Gasteiger partial charge is 0.383 e. The molecule has 0 saturated carbocycles. The number of nitrogens with zero attached hydrogens (tertiary/aromatic N) is 2. The number of aryl methyl sites for hydroxylation is 1. The molecule has 0 radical (unpaired) electrons. The van der Waals surface area contributed by atoms with Gasteiger partial charge in [0.15, 0.2) is 0 Å². The first-order chi connectivity index (χ1) is 9.61. The summed E-state index contributed by atoms with van der Waals surface area (Å²) in [5, 5.41) is 0.665. The molecule has 4 N–H and O–H groups in total. The molecule has 4 nitrogen and oxygen atoms in total. The van der Waals surface area contributed by atoms with Crippen molar-refractivity contribution in [2.75, 3.05) is 11.5 Å². The molecule has 106 valence electrons. The molecule has 5 heteroatoms. The first-order valence-corrected chi connectivity index (χ1v) is 7.17. The molecular formula is C15H19ClN4. The van der Waals surface area contributed by atoms with Crippen LogP contribution in [0.3, 0.4) is 0 Å². The zero-order valence-electron chi connectivity index (χ0n) is 11.6. The Morgan fingerprint density at radius 1 is 1.15 bits per heavy atom. The van der Waals surface area contributed by atoms with E-state index >= 15 is 0 Å². The predicted octanol–water partition coefficient (Wildman–Crippen LogP) is 3.69. The maximum atomic E-state index is 6.05. The fraction of sp³-hybridized carbons (Fsp3) is 0.333. The molecule has 1 aromatic heterocycles. The van der Waals surface area contributed by atoms with Crippen LogP contribution in [0.25, 0.3) is 11.1 Å². The van der Waals surface area contributed by atoms with E-state index in [1.54, 1.807) is 0 Å². The molecule has 0 aliphatic heterocycles. The maximum Gasteiger partial charge on any atom is 0.222 e. The molecule has 20 heavy (non-hydrogen) atoms. The van der Waals surface area contributed by atoms with Gasteiger partial charge in [-0.3, -0.25) is 0 Å². The Morgan fingerprint density at radius 3 is 2.65 bits per heavy atom. The molecule has 1 heterocycles. The van der Waals surface area contributed by atoms with E-state index in [4.69, 9.17) is 23.1 Å². The smallest absolute Gasteiger partial charge is 0.222 e. The topological polar surface area (TPSA) is 77.8 Å². The van der Waals surface area contributed by atoms with Gasteiger partial charge in [-0.2, -0.15) is 4.98 Å². The van der Waals surface area contributed by atoms with Crippen molar-refractivity contribution in [3.8, 4) is 11.1 Å². The van der Waals surface area contributed by atoms with Gasteiger partial charge >= 0.3 is 0 Å². The van der Waals surface area contributed by atoms with Gasteiger partial charge in [-0.1, -0.05) is 43.5 Å². The molecule has 1 aromatic carbocycles. The number of nitrogen functional groups attached to an aromatic ring is 2. The number of benzene rings is 1. The molecule has 0 bridgehead atoms. The van der Waals surface area contributed by atoms with Gasteiger partial charge in [0.05, 0.1) is 5.69 Å². The molecule has 0 spiro atoms. The highest BCUT2D eigenvalue weighted by atomic mass is 35.5. The average Bonchev–Trinajstić information content (AvgIpc) is 2.38. The van der Waals surface area contributed by atoms with Crippen LogP contribution in [-0.2, 0) is 6.42 Å². The maximum absolute atomic E-state index is 6.05. The van der Waals surface area contributed by atoms with E-state index in [9.17, 15) is 0 Å². The fourth-order valence-corrected chi connectivity index (χ4v) is 2.42. The van der Waals surface area contributed by atoms with E-state index < -0.39 is 0 Å². The number of hydrogen-bond acceptors (Lipinski definition) is 4. The number of aromatic nitrogens is 2. The third-order valence-electron chi connectivity index (χ3n) is 3.16. The van der Waals surface area contributed by atoms with Crippen molar-refractivity contribution >= 4 is 23.4 Å². The first kappa shape index (κ1) is 14.6. The lowest BCUT2D eigenvalue weighted by Crippen LogP contribution is -2.07. The summed E-state index contributed by atoms with van der Waals surface area (Å²) in [6, 6.07) is 7.55. The normalized spacial score (nSPS) is 10.7. The lowest BCUT2D eigenvalue weighted by molar-refractivity contribution is 0.708. The number of unbranched alkanes of at least 4 members (excludes halogenated alkanes) is 2. The Balaban J connectivity index is 2.44. The van der Waals surface area contributed by atoms with Crippen molar-refractivity contribution < 1.29 is 0 Å². The molecule has 2 rings (SSSR count). The standard InChI is InChI=1S/C15H19ClN4/c1-2-3-4-8-12-13(14(17)20-15(18)19-12)10-6-5-7-11(16)9-10/h5-7,9H,2-4,8H2,1H3,(H4,17,18,19,20). The van der Waals surface area contributed by atoms with Crippen LogP contribution < -0.4 is 11.5 Å². The zero-order valence-corrected chi connectivity index (χ0v) is 12.3. The van der Waals surface area contributed by atoms with Gasteiger partial charge in [0.25, 0.3) is 0 Å². The second-order valence-electron chi connectivity index (χ2n) is 4.76. The van der Waals surface area contributed by atoms with E-state index in [0.717, 1.165) is 42.5 Å². The van der Waals surface area contributed by atoms with Crippen molar-refractivity contribution in [2.24, 2.45) is 0 Å². The number of halogens is 1. The van der Waals surface area contributed by atoms with E-state index in [1.807, 2.05) is 24.3 Å². The molecule has 0 aliphatic carbocycles. The van der Waals surface area contributed by atoms with Crippen LogP contribution >= 0.6 is 11.6 Å². The van der Waals surface area contributed by atoms with E-state index in [2.05, 4.69) is 16.9 Å². The van der Waals surface area contributed by atoms with E-state index in [0.29, 0.717) is 10.8 Å². The first-order valence-electron chi connectivity index (χ1n) is 6.79. The SMILES string of the molecule is CCCCCc1nc(N)nc(N)c1-c1cccc(Cl)c1. The molecule has 2 aromatic rings. The van der Waals surface area contributed by atoms with Crippen LogP contribution in [0, 0.1) is 0 Å². The second-order valence-corrected chi connectivity index (χ2v) is 5.19. The molecule has 0 unspecified atom stereocenters. The van der Waals surface area contributed by atoms with E-state index in [-0.39, 0.29) is 5.95 Å². The Morgan fingerprint density at radius 2 is 1.95 bits per heavy atom. The summed E-state index contributed by atoms with van der Waals surface area (Å²) >= 11 is 6.05. The summed E-state index contributed by atoms with van der Waals surface area (Å²) in [6.07, 6.45) is 4.20. The van der Waals surface area contributed by atoms with Gasteiger partial charge in [0.2, 0.25) is 5.95 Å². The van der Waals surface area contributed by atoms with Crippen LogP contribution in [0.5, 0.6) is 0 Å². The summed E-state index contributed by atoms with van der Waals surface area (Å²) in [5.74, 6) is 0.631. The molecule has 0 aliphatic rings. The quantitative estimate of drug-likeness (QED) is 0.823. The summed E-state index contributed by atoms with van der Waals surface area (Å²) in [7, 11) is 0. The molecule has 0 fully saturated rings. The third-order valence-corrected chi connectivity index (χ3v) is 3.39. The number of hydrogen-bond donors (Lipinski definition) is 2. The lowest BCUT2D eigenvalue weighted by Gasteiger charge is -2.12. The summed E-state index contributed by atoms with van der Waals surface area (Å²) in [6.45, 7) is 2.17. The lowest BCUT2D eigenvalue weighted by atomic mass is 10.0. The number of nitrogens with two attached hydrogens (primary N) is 2. The minimum absolute atomic E-state index is 0.222. The van der Waals surface area contributed by atoms with Gasteiger partial charge in [-0.05, 0) is 30.5 Å². The summed E-state index contributed by atoms with van der Waals surface area (Å²) in [4.78, 5) is 8.43. The van der Waals surface area contributed by atoms with E-state index in [1.165, 1.54) is 0 Å². The monoisotopic (exact) mass is 290 g/mol. The highest BCUT2D eigenvalue weighted by Gasteiger charge is 2.13. The van der Waals surface area contributed by atoms with Gasteiger partial charge < -0.3 is 11.5 Å². The minimum Gasteiger partial charge on any atom is -0.383 e. The Kier molecular flexibility index (Phi) is 4.79. The number of rotatable bonds is 5. The summed E-state index contributed by atoms with van der Waals surface area (Å²) in [5.41, 5.74) is 14.4. The number of anilines is 2. The van der Waals surface area contributed by atoms with Crippen molar-refractivity contribution in [2.45, 2.75) is 32.6 Å². The van der Waals surface area contributed by atoms with Gasteiger partial charge in [-0.25, -0.2) is 4.98 Å². The molecule has 0 amide bonds. The van der Waals surface area contributed by atoms with Gasteiger partial charge in [0, 0.05) is 10.6 Å². The van der Waals surface area contributed by atoms with Crippen LogP contribution in [0.2, 0.25) is 5.02 Å². The van der Waals surface area contributed by atoms with Crippen LogP contribution in [-0.4, -0.2) is 9.97 Å².